The molecule has 0 aromatic heterocycles. The predicted molar refractivity (Wildman–Crippen MR) is 80.2 cm³/mol. The van der Waals surface area contributed by atoms with Crippen molar-refractivity contribution in [3.63, 3.8) is 0 Å². The van der Waals surface area contributed by atoms with E-state index in [2.05, 4.69) is 0 Å². The number of ether oxygens (including phenoxy) is 2. The lowest BCUT2D eigenvalue weighted by molar-refractivity contribution is -0.148. The van der Waals surface area contributed by atoms with E-state index in [1.807, 2.05) is 61.5 Å². The molecule has 3 rings (SSSR count). The van der Waals surface area contributed by atoms with Gasteiger partial charge in [0.25, 0.3) is 0 Å². The lowest BCUT2D eigenvalue weighted by Gasteiger charge is -2.25. The maximum Gasteiger partial charge on any atom is 0.314 e. The Morgan fingerprint density at radius 2 is 1.76 bits per heavy atom. The number of esters is 1. The average molecular weight is 282 g/mol. The molecule has 0 saturated carbocycles. The predicted octanol–water partition coefficient (Wildman–Crippen LogP) is 3.64. The van der Waals surface area contributed by atoms with Crippen LogP contribution < -0.4 is 4.74 Å². The van der Waals surface area contributed by atoms with Gasteiger partial charge in [-0.05, 0) is 18.6 Å². The highest BCUT2D eigenvalue weighted by atomic mass is 16.6. The normalized spacial score (nSPS) is 24.7. The Morgan fingerprint density at radius 1 is 1.10 bits per heavy atom. The van der Waals surface area contributed by atoms with E-state index in [-0.39, 0.29) is 11.9 Å². The molecule has 1 aliphatic heterocycles. The summed E-state index contributed by atoms with van der Waals surface area (Å²) in [6.07, 6.45) is 0.621. The Labute approximate surface area is 124 Å². The first-order valence-corrected chi connectivity index (χ1v) is 7.05. The van der Waals surface area contributed by atoms with Crippen LogP contribution in [-0.2, 0) is 15.1 Å². The van der Waals surface area contributed by atoms with Crippen LogP contribution in [0.15, 0.2) is 54.6 Å². The maximum absolute atomic E-state index is 12.3. The molecule has 0 bridgehead atoms. The van der Waals surface area contributed by atoms with Crippen LogP contribution in [-0.4, -0.2) is 13.1 Å². The van der Waals surface area contributed by atoms with Crippen LogP contribution in [0.3, 0.4) is 0 Å². The smallest absolute Gasteiger partial charge is 0.314 e. The van der Waals surface area contributed by atoms with E-state index >= 15 is 0 Å². The van der Waals surface area contributed by atoms with Gasteiger partial charge in [0.05, 0.1) is 13.0 Å². The van der Waals surface area contributed by atoms with Crippen molar-refractivity contribution in [3.8, 4) is 5.75 Å². The molecule has 1 saturated heterocycles. The van der Waals surface area contributed by atoms with Gasteiger partial charge in [0.1, 0.15) is 11.4 Å². The topological polar surface area (TPSA) is 35.5 Å². The minimum absolute atomic E-state index is 0.172. The molecule has 3 heteroatoms. The Morgan fingerprint density at radius 3 is 2.48 bits per heavy atom. The molecule has 108 valence electrons. The minimum atomic E-state index is -0.649. The molecular formula is C18H18O3. The van der Waals surface area contributed by atoms with Gasteiger partial charge in [0.15, 0.2) is 0 Å². The van der Waals surface area contributed by atoms with Crippen LogP contribution >= 0.6 is 0 Å². The van der Waals surface area contributed by atoms with Crippen LogP contribution in [0.5, 0.6) is 5.75 Å². The summed E-state index contributed by atoms with van der Waals surface area (Å²) in [5.74, 6) is 0.359. The average Bonchev–Trinajstić information content (AvgIpc) is 2.84. The van der Waals surface area contributed by atoms with Crippen molar-refractivity contribution in [1.82, 2.24) is 0 Å². The van der Waals surface area contributed by atoms with Gasteiger partial charge < -0.3 is 9.47 Å². The van der Waals surface area contributed by atoms with Crippen molar-refractivity contribution in [2.45, 2.75) is 24.9 Å². The van der Waals surface area contributed by atoms with E-state index in [9.17, 15) is 4.79 Å². The zero-order valence-corrected chi connectivity index (χ0v) is 12.2. The summed E-state index contributed by atoms with van der Waals surface area (Å²) in [6, 6.07) is 17.5. The highest BCUT2D eigenvalue weighted by Gasteiger charge is 2.46. The van der Waals surface area contributed by atoms with Crippen LogP contribution in [0.2, 0.25) is 0 Å². The van der Waals surface area contributed by atoms with Gasteiger partial charge in [-0.3, -0.25) is 4.79 Å². The SMILES string of the molecule is COc1ccccc1[C@@]1(C)C[C@H](c2ccccc2)C(=O)O1. The summed E-state index contributed by atoms with van der Waals surface area (Å²) in [5, 5.41) is 0. The maximum atomic E-state index is 12.3. The van der Waals surface area contributed by atoms with Crippen molar-refractivity contribution in [1.29, 1.82) is 0 Å². The third kappa shape index (κ3) is 2.40. The Kier molecular flexibility index (Phi) is 3.42. The summed E-state index contributed by atoms with van der Waals surface area (Å²) >= 11 is 0. The molecule has 0 spiro atoms. The number of hydrogen-bond acceptors (Lipinski definition) is 3. The van der Waals surface area contributed by atoms with E-state index in [4.69, 9.17) is 9.47 Å². The van der Waals surface area contributed by atoms with Crippen LogP contribution in [0.1, 0.15) is 30.4 Å². The Hall–Kier alpha value is -2.29. The number of carbonyl (C=O) groups excluding carboxylic acids is 1. The van der Waals surface area contributed by atoms with Crippen molar-refractivity contribution in [2.75, 3.05) is 7.11 Å². The summed E-state index contributed by atoms with van der Waals surface area (Å²) in [7, 11) is 1.63. The van der Waals surface area contributed by atoms with Crippen molar-refractivity contribution in [3.05, 3.63) is 65.7 Å². The number of para-hydroxylation sites is 1. The summed E-state index contributed by atoms with van der Waals surface area (Å²) < 4.78 is 11.1. The van der Waals surface area contributed by atoms with Crippen molar-refractivity contribution < 1.29 is 14.3 Å². The second-order valence-corrected chi connectivity index (χ2v) is 5.52. The number of hydrogen-bond donors (Lipinski definition) is 0. The van der Waals surface area contributed by atoms with Crippen LogP contribution in [0, 0.1) is 0 Å². The van der Waals surface area contributed by atoms with Crippen LogP contribution in [0.25, 0.3) is 0 Å². The van der Waals surface area contributed by atoms with E-state index in [0.717, 1.165) is 16.9 Å². The van der Waals surface area contributed by atoms with Gasteiger partial charge in [-0.1, -0.05) is 48.5 Å². The second kappa shape index (κ2) is 5.24. The monoisotopic (exact) mass is 282 g/mol. The molecule has 21 heavy (non-hydrogen) atoms. The number of carbonyl (C=O) groups is 1. The number of cyclic esters (lactones) is 1. The molecule has 0 radical (unpaired) electrons. The van der Waals surface area contributed by atoms with E-state index in [1.165, 1.54) is 0 Å². The number of benzene rings is 2. The highest BCUT2D eigenvalue weighted by Crippen LogP contribution is 2.46. The van der Waals surface area contributed by atoms with Crippen molar-refractivity contribution >= 4 is 5.97 Å². The molecule has 3 nitrogen and oxygen atoms in total. The molecule has 1 fully saturated rings. The highest BCUT2D eigenvalue weighted by molar-refractivity contribution is 5.81. The van der Waals surface area contributed by atoms with Gasteiger partial charge in [-0.2, -0.15) is 0 Å². The Balaban J connectivity index is 1.96. The van der Waals surface area contributed by atoms with Gasteiger partial charge in [-0.25, -0.2) is 0 Å². The fourth-order valence-electron chi connectivity index (χ4n) is 2.99. The second-order valence-electron chi connectivity index (χ2n) is 5.52. The largest absolute Gasteiger partial charge is 0.496 e. The van der Waals surface area contributed by atoms with Gasteiger partial charge in [-0.15, -0.1) is 0 Å². The lowest BCUT2D eigenvalue weighted by Crippen LogP contribution is -2.21. The molecule has 0 N–H and O–H groups in total. The fourth-order valence-corrected chi connectivity index (χ4v) is 2.99. The third-order valence-electron chi connectivity index (χ3n) is 4.08. The zero-order valence-electron chi connectivity index (χ0n) is 12.2. The first-order valence-electron chi connectivity index (χ1n) is 7.05. The zero-order chi connectivity index (χ0) is 14.9. The minimum Gasteiger partial charge on any atom is -0.496 e. The third-order valence-corrected chi connectivity index (χ3v) is 4.08. The molecule has 2 atom stereocenters. The molecule has 1 aliphatic rings. The molecule has 0 aliphatic carbocycles. The summed E-state index contributed by atoms with van der Waals surface area (Å²) in [6.45, 7) is 1.95. The first-order chi connectivity index (χ1) is 10.1. The van der Waals surface area contributed by atoms with E-state index in [0.29, 0.717) is 6.42 Å². The summed E-state index contributed by atoms with van der Waals surface area (Å²) in [4.78, 5) is 12.3. The van der Waals surface area contributed by atoms with E-state index in [1.54, 1.807) is 7.11 Å². The molecular weight excluding hydrogens is 264 g/mol. The number of methoxy groups -OCH3 is 1. The fraction of sp³-hybridized carbons (Fsp3) is 0.278. The van der Waals surface area contributed by atoms with E-state index < -0.39 is 5.60 Å². The molecule has 2 aromatic rings. The molecule has 1 heterocycles. The van der Waals surface area contributed by atoms with Gasteiger partial charge in [0, 0.05) is 12.0 Å². The molecule has 0 unspecified atom stereocenters. The van der Waals surface area contributed by atoms with Gasteiger partial charge >= 0.3 is 5.97 Å². The quantitative estimate of drug-likeness (QED) is 0.806. The lowest BCUT2D eigenvalue weighted by atomic mass is 9.85. The number of rotatable bonds is 3. The molecule has 2 aromatic carbocycles. The standard InChI is InChI=1S/C18H18O3/c1-18(15-10-6-7-11-16(15)20-2)12-14(17(19)21-18)13-8-4-3-5-9-13/h3-11,14H,12H2,1-2H3/t14-,18-/m1/s1. The van der Waals surface area contributed by atoms with Crippen molar-refractivity contribution in [2.24, 2.45) is 0 Å². The van der Waals surface area contributed by atoms with Crippen LogP contribution in [0.4, 0.5) is 0 Å². The first kappa shape index (κ1) is 13.7. The van der Waals surface area contributed by atoms with Gasteiger partial charge in [0.2, 0.25) is 0 Å². The molecule has 0 amide bonds. The Bertz CT molecular complexity index is 651. The summed E-state index contributed by atoms with van der Waals surface area (Å²) in [5.41, 5.74) is 1.27.